The summed E-state index contributed by atoms with van der Waals surface area (Å²) < 4.78 is 62.2. The first-order valence-electron chi connectivity index (χ1n) is 5.81. The second-order valence-corrected chi connectivity index (χ2v) is 6.11. The van der Waals surface area contributed by atoms with Crippen LogP contribution in [0.5, 0.6) is 0 Å². The predicted molar refractivity (Wildman–Crippen MR) is 69.7 cm³/mol. The predicted octanol–water partition coefficient (Wildman–Crippen LogP) is 2.03. The highest BCUT2D eigenvalue weighted by Gasteiger charge is 2.31. The van der Waals surface area contributed by atoms with Gasteiger partial charge in [-0.1, -0.05) is 0 Å². The molecule has 2 aromatic rings. The molecule has 0 aliphatic rings. The molecular formula is C13H9F3N2O3S. The van der Waals surface area contributed by atoms with Gasteiger partial charge in [-0.15, -0.1) is 0 Å². The third-order valence-corrected chi connectivity index (χ3v) is 4.51. The molecule has 0 bridgehead atoms. The second-order valence-electron chi connectivity index (χ2n) is 4.25. The van der Waals surface area contributed by atoms with Gasteiger partial charge in [-0.25, -0.2) is 13.4 Å². The van der Waals surface area contributed by atoms with E-state index in [0.29, 0.717) is 12.1 Å². The molecule has 0 fully saturated rings. The minimum atomic E-state index is -4.58. The molecule has 0 saturated carbocycles. The molecule has 9 heteroatoms. The Balaban J connectivity index is 2.55. The van der Waals surface area contributed by atoms with Crippen LogP contribution < -0.4 is 5.73 Å². The SMILES string of the molecule is NC(=O)c1cccnc1S(=O)(=O)c1ccc(C(F)(F)F)cc1. The summed E-state index contributed by atoms with van der Waals surface area (Å²) in [7, 11) is -4.26. The molecule has 0 radical (unpaired) electrons. The van der Waals surface area contributed by atoms with Crippen molar-refractivity contribution < 1.29 is 26.4 Å². The van der Waals surface area contributed by atoms with E-state index < -0.39 is 37.4 Å². The van der Waals surface area contributed by atoms with E-state index in [1.807, 2.05) is 0 Å². The lowest BCUT2D eigenvalue weighted by Gasteiger charge is -2.09. The Hall–Kier alpha value is -2.42. The van der Waals surface area contributed by atoms with Crippen LogP contribution in [0.25, 0.3) is 0 Å². The Kier molecular flexibility index (Phi) is 3.92. The van der Waals surface area contributed by atoms with E-state index in [1.165, 1.54) is 12.1 Å². The number of hydrogen-bond donors (Lipinski definition) is 1. The maximum absolute atomic E-state index is 12.5. The number of nitrogens with zero attached hydrogens (tertiary/aromatic N) is 1. The van der Waals surface area contributed by atoms with Crippen LogP contribution in [0.2, 0.25) is 0 Å². The number of alkyl halides is 3. The fraction of sp³-hybridized carbons (Fsp3) is 0.0769. The van der Waals surface area contributed by atoms with Crippen LogP contribution in [0.3, 0.4) is 0 Å². The number of primary amides is 1. The summed E-state index contributed by atoms with van der Waals surface area (Å²) in [6.45, 7) is 0. The Morgan fingerprint density at radius 1 is 1.09 bits per heavy atom. The highest BCUT2D eigenvalue weighted by molar-refractivity contribution is 7.91. The van der Waals surface area contributed by atoms with E-state index in [1.54, 1.807) is 0 Å². The summed E-state index contributed by atoms with van der Waals surface area (Å²) in [5, 5.41) is -0.595. The maximum Gasteiger partial charge on any atom is 0.416 e. The van der Waals surface area contributed by atoms with Gasteiger partial charge in [0.2, 0.25) is 9.84 Å². The van der Waals surface area contributed by atoms with Crippen LogP contribution in [-0.4, -0.2) is 19.3 Å². The van der Waals surface area contributed by atoms with Crippen LogP contribution >= 0.6 is 0 Å². The van der Waals surface area contributed by atoms with Crippen molar-refractivity contribution in [3.8, 4) is 0 Å². The standard InChI is InChI=1S/C13H9F3N2O3S/c14-13(15,16)8-3-5-9(6-4-8)22(20,21)12-10(11(17)19)2-1-7-18-12/h1-7H,(H2,17,19). The van der Waals surface area contributed by atoms with E-state index in [-0.39, 0.29) is 5.56 Å². The minimum Gasteiger partial charge on any atom is -0.366 e. The number of benzene rings is 1. The van der Waals surface area contributed by atoms with Crippen LogP contribution in [0, 0.1) is 0 Å². The molecule has 2 rings (SSSR count). The largest absolute Gasteiger partial charge is 0.416 e. The zero-order valence-electron chi connectivity index (χ0n) is 10.8. The molecule has 0 aliphatic carbocycles. The van der Waals surface area contributed by atoms with Crippen LogP contribution in [0.1, 0.15) is 15.9 Å². The van der Waals surface area contributed by atoms with Gasteiger partial charge in [0, 0.05) is 6.20 Å². The highest BCUT2D eigenvalue weighted by atomic mass is 32.2. The molecule has 0 spiro atoms. The maximum atomic E-state index is 12.5. The molecule has 1 aromatic heterocycles. The molecular weight excluding hydrogens is 321 g/mol. The smallest absolute Gasteiger partial charge is 0.366 e. The first kappa shape index (κ1) is 16.0. The van der Waals surface area contributed by atoms with Gasteiger partial charge >= 0.3 is 6.18 Å². The minimum absolute atomic E-state index is 0.331. The number of amides is 1. The van der Waals surface area contributed by atoms with Gasteiger partial charge in [-0.2, -0.15) is 13.2 Å². The van der Waals surface area contributed by atoms with Crippen molar-refractivity contribution >= 4 is 15.7 Å². The molecule has 0 atom stereocenters. The van der Waals surface area contributed by atoms with Gasteiger partial charge in [0.15, 0.2) is 5.03 Å². The van der Waals surface area contributed by atoms with E-state index in [2.05, 4.69) is 4.98 Å². The average Bonchev–Trinajstić information content (AvgIpc) is 2.46. The first-order chi connectivity index (χ1) is 10.1. The monoisotopic (exact) mass is 330 g/mol. The zero-order valence-corrected chi connectivity index (χ0v) is 11.6. The topological polar surface area (TPSA) is 90.1 Å². The number of sulfone groups is 1. The Morgan fingerprint density at radius 3 is 2.18 bits per heavy atom. The van der Waals surface area contributed by atoms with Crippen LogP contribution in [0.4, 0.5) is 13.2 Å². The fourth-order valence-corrected chi connectivity index (χ4v) is 3.10. The molecule has 1 aromatic carbocycles. The van der Waals surface area contributed by atoms with Gasteiger partial charge in [-0.05, 0) is 36.4 Å². The summed E-state index contributed by atoms with van der Waals surface area (Å²) in [6, 6.07) is 5.38. The second kappa shape index (κ2) is 5.41. The summed E-state index contributed by atoms with van der Waals surface area (Å²) >= 11 is 0. The molecule has 0 unspecified atom stereocenters. The average molecular weight is 330 g/mol. The van der Waals surface area contributed by atoms with Gasteiger partial charge in [0.05, 0.1) is 16.0 Å². The highest BCUT2D eigenvalue weighted by Crippen LogP contribution is 2.30. The third kappa shape index (κ3) is 2.93. The van der Waals surface area contributed by atoms with Crippen molar-refractivity contribution in [1.82, 2.24) is 4.98 Å². The lowest BCUT2D eigenvalue weighted by Crippen LogP contribution is -2.17. The molecule has 1 amide bonds. The molecule has 22 heavy (non-hydrogen) atoms. The Morgan fingerprint density at radius 2 is 1.68 bits per heavy atom. The fourth-order valence-electron chi connectivity index (χ4n) is 1.73. The zero-order chi connectivity index (χ0) is 16.5. The van der Waals surface area contributed by atoms with Gasteiger partial charge in [0.1, 0.15) is 0 Å². The number of carbonyl (C=O) groups is 1. The molecule has 116 valence electrons. The number of nitrogens with two attached hydrogens (primary N) is 1. The van der Waals surface area contributed by atoms with E-state index in [0.717, 1.165) is 18.3 Å². The van der Waals surface area contributed by atoms with Crippen LogP contribution in [-0.2, 0) is 16.0 Å². The molecule has 0 saturated heterocycles. The van der Waals surface area contributed by atoms with Crippen molar-refractivity contribution in [1.29, 1.82) is 0 Å². The Bertz CT molecular complexity index is 815. The van der Waals surface area contributed by atoms with Crippen molar-refractivity contribution in [2.45, 2.75) is 16.1 Å². The van der Waals surface area contributed by atoms with Gasteiger partial charge < -0.3 is 5.73 Å². The molecule has 1 heterocycles. The van der Waals surface area contributed by atoms with Crippen molar-refractivity contribution in [2.24, 2.45) is 5.73 Å². The number of pyridine rings is 1. The van der Waals surface area contributed by atoms with Crippen molar-refractivity contribution in [2.75, 3.05) is 0 Å². The molecule has 5 nitrogen and oxygen atoms in total. The van der Waals surface area contributed by atoms with Crippen molar-refractivity contribution in [3.05, 3.63) is 53.7 Å². The number of rotatable bonds is 3. The number of halogens is 3. The van der Waals surface area contributed by atoms with E-state index in [4.69, 9.17) is 5.73 Å². The summed E-state index contributed by atoms with van der Waals surface area (Å²) in [6.07, 6.45) is -3.44. The lowest BCUT2D eigenvalue weighted by atomic mass is 10.2. The number of aromatic nitrogens is 1. The third-order valence-electron chi connectivity index (χ3n) is 2.78. The van der Waals surface area contributed by atoms with E-state index in [9.17, 15) is 26.4 Å². The lowest BCUT2D eigenvalue weighted by molar-refractivity contribution is -0.137. The number of carbonyl (C=O) groups excluding carboxylic acids is 1. The summed E-state index contributed by atoms with van der Waals surface area (Å²) in [5.74, 6) is -1.00. The summed E-state index contributed by atoms with van der Waals surface area (Å²) in [4.78, 5) is 14.4. The quantitative estimate of drug-likeness (QED) is 0.932. The molecule has 2 N–H and O–H groups in total. The Labute approximate surface area is 123 Å². The van der Waals surface area contributed by atoms with Crippen LogP contribution in [0.15, 0.2) is 52.5 Å². The van der Waals surface area contributed by atoms with E-state index >= 15 is 0 Å². The van der Waals surface area contributed by atoms with Gasteiger partial charge in [0.25, 0.3) is 5.91 Å². The number of hydrogen-bond acceptors (Lipinski definition) is 4. The summed E-state index contributed by atoms with van der Waals surface area (Å²) in [5.41, 5.74) is 3.76. The normalized spacial score (nSPS) is 12.1. The molecule has 0 aliphatic heterocycles. The van der Waals surface area contributed by atoms with Crippen molar-refractivity contribution in [3.63, 3.8) is 0 Å². The first-order valence-corrected chi connectivity index (χ1v) is 7.29. The van der Waals surface area contributed by atoms with Gasteiger partial charge in [-0.3, -0.25) is 4.79 Å².